The molecule has 0 fully saturated rings. The van der Waals surface area contributed by atoms with Crippen LogP contribution < -0.4 is 5.32 Å². The summed E-state index contributed by atoms with van der Waals surface area (Å²) in [5, 5.41) is 2.93. The SMILES string of the molecule is CCCCCC(=O)NCC(C)CCCl. The van der Waals surface area contributed by atoms with E-state index in [0.717, 1.165) is 32.2 Å². The summed E-state index contributed by atoms with van der Waals surface area (Å²) < 4.78 is 0. The number of hydrogen-bond donors (Lipinski definition) is 1. The normalized spacial score (nSPS) is 12.5. The molecule has 0 saturated heterocycles. The minimum absolute atomic E-state index is 0.180. The summed E-state index contributed by atoms with van der Waals surface area (Å²) in [6, 6.07) is 0. The number of rotatable bonds is 8. The largest absolute Gasteiger partial charge is 0.356 e. The van der Waals surface area contributed by atoms with E-state index in [1.165, 1.54) is 0 Å². The second kappa shape index (κ2) is 9.32. The minimum atomic E-state index is 0.180. The fourth-order valence-corrected chi connectivity index (χ4v) is 1.57. The summed E-state index contributed by atoms with van der Waals surface area (Å²) in [4.78, 5) is 11.3. The van der Waals surface area contributed by atoms with E-state index < -0.39 is 0 Å². The van der Waals surface area contributed by atoms with Gasteiger partial charge in [0.05, 0.1) is 0 Å². The molecule has 1 unspecified atom stereocenters. The molecule has 3 heteroatoms. The second-order valence-electron chi connectivity index (χ2n) is 3.84. The molecule has 0 aliphatic rings. The van der Waals surface area contributed by atoms with E-state index in [1.54, 1.807) is 0 Å². The third-order valence-corrected chi connectivity index (χ3v) is 2.48. The lowest BCUT2D eigenvalue weighted by Crippen LogP contribution is -2.28. The van der Waals surface area contributed by atoms with Gasteiger partial charge in [-0.25, -0.2) is 0 Å². The summed E-state index contributed by atoms with van der Waals surface area (Å²) >= 11 is 5.60. The highest BCUT2D eigenvalue weighted by molar-refractivity contribution is 6.17. The molecule has 0 saturated carbocycles. The Bertz CT molecular complexity index is 150. The van der Waals surface area contributed by atoms with Crippen molar-refractivity contribution in [1.29, 1.82) is 0 Å². The van der Waals surface area contributed by atoms with E-state index in [4.69, 9.17) is 11.6 Å². The third kappa shape index (κ3) is 8.36. The molecule has 1 N–H and O–H groups in total. The van der Waals surface area contributed by atoms with Gasteiger partial charge in [-0.15, -0.1) is 11.6 Å². The van der Waals surface area contributed by atoms with Gasteiger partial charge < -0.3 is 5.32 Å². The van der Waals surface area contributed by atoms with Gasteiger partial charge in [-0.3, -0.25) is 4.79 Å². The van der Waals surface area contributed by atoms with Crippen molar-refractivity contribution in [2.45, 2.75) is 46.0 Å². The highest BCUT2D eigenvalue weighted by Crippen LogP contribution is 2.02. The zero-order chi connectivity index (χ0) is 10.8. The highest BCUT2D eigenvalue weighted by atomic mass is 35.5. The van der Waals surface area contributed by atoms with Crippen LogP contribution in [0.1, 0.15) is 46.0 Å². The predicted octanol–water partition coefficient (Wildman–Crippen LogP) is 2.95. The molecule has 0 aliphatic heterocycles. The summed E-state index contributed by atoms with van der Waals surface area (Å²) in [6.45, 7) is 5.01. The summed E-state index contributed by atoms with van der Waals surface area (Å²) in [7, 11) is 0. The average Bonchev–Trinajstić information content (AvgIpc) is 2.16. The van der Waals surface area contributed by atoms with Gasteiger partial charge in [-0.2, -0.15) is 0 Å². The average molecular weight is 220 g/mol. The maximum atomic E-state index is 11.3. The molecule has 0 aromatic rings. The predicted molar refractivity (Wildman–Crippen MR) is 61.7 cm³/mol. The van der Waals surface area contributed by atoms with E-state index in [9.17, 15) is 4.79 Å². The van der Waals surface area contributed by atoms with Crippen molar-refractivity contribution in [3.05, 3.63) is 0 Å². The van der Waals surface area contributed by atoms with Crippen LogP contribution in [0.2, 0.25) is 0 Å². The molecule has 1 atom stereocenters. The molecule has 1 amide bonds. The number of alkyl halides is 1. The van der Waals surface area contributed by atoms with Crippen LogP contribution in [-0.4, -0.2) is 18.3 Å². The van der Waals surface area contributed by atoms with Crippen LogP contribution in [0.15, 0.2) is 0 Å². The maximum Gasteiger partial charge on any atom is 0.220 e. The fourth-order valence-electron chi connectivity index (χ4n) is 1.20. The number of carbonyl (C=O) groups is 1. The standard InChI is InChI=1S/C11H22ClNO/c1-3-4-5-6-11(14)13-9-10(2)7-8-12/h10H,3-9H2,1-2H3,(H,13,14). The van der Waals surface area contributed by atoms with Crippen molar-refractivity contribution in [2.75, 3.05) is 12.4 Å². The zero-order valence-corrected chi connectivity index (χ0v) is 10.1. The Morgan fingerprint density at radius 1 is 1.43 bits per heavy atom. The number of halogens is 1. The molecule has 0 aliphatic carbocycles. The van der Waals surface area contributed by atoms with Crippen molar-refractivity contribution in [1.82, 2.24) is 5.32 Å². The first-order chi connectivity index (χ1) is 6.70. The van der Waals surface area contributed by atoms with E-state index >= 15 is 0 Å². The lowest BCUT2D eigenvalue weighted by Gasteiger charge is -2.10. The first kappa shape index (κ1) is 13.8. The van der Waals surface area contributed by atoms with Gasteiger partial charge in [0.25, 0.3) is 0 Å². The van der Waals surface area contributed by atoms with Gasteiger partial charge in [0, 0.05) is 18.8 Å². The van der Waals surface area contributed by atoms with Crippen molar-refractivity contribution < 1.29 is 4.79 Å². The van der Waals surface area contributed by atoms with Crippen molar-refractivity contribution in [3.63, 3.8) is 0 Å². The van der Waals surface area contributed by atoms with Crippen LogP contribution in [0.5, 0.6) is 0 Å². The van der Waals surface area contributed by atoms with Gasteiger partial charge in [0.2, 0.25) is 5.91 Å². The molecule has 0 aromatic heterocycles. The molecule has 0 rings (SSSR count). The molecule has 14 heavy (non-hydrogen) atoms. The smallest absolute Gasteiger partial charge is 0.220 e. The van der Waals surface area contributed by atoms with E-state index in [2.05, 4.69) is 19.2 Å². The first-order valence-corrected chi connectivity index (χ1v) is 6.06. The number of hydrogen-bond acceptors (Lipinski definition) is 1. The Labute approximate surface area is 92.4 Å². The second-order valence-corrected chi connectivity index (χ2v) is 4.22. The lowest BCUT2D eigenvalue weighted by atomic mass is 10.1. The maximum absolute atomic E-state index is 11.3. The number of unbranched alkanes of at least 4 members (excludes halogenated alkanes) is 2. The van der Waals surface area contributed by atoms with Gasteiger partial charge in [-0.1, -0.05) is 26.7 Å². The molecular weight excluding hydrogens is 198 g/mol. The van der Waals surface area contributed by atoms with Crippen LogP contribution in [0.25, 0.3) is 0 Å². The first-order valence-electron chi connectivity index (χ1n) is 5.53. The van der Waals surface area contributed by atoms with E-state index in [1.807, 2.05) is 0 Å². The van der Waals surface area contributed by atoms with Crippen LogP contribution >= 0.6 is 11.6 Å². The molecular formula is C11H22ClNO. The van der Waals surface area contributed by atoms with Gasteiger partial charge in [0.15, 0.2) is 0 Å². The molecule has 2 nitrogen and oxygen atoms in total. The Balaban J connectivity index is 3.34. The van der Waals surface area contributed by atoms with E-state index in [-0.39, 0.29) is 5.91 Å². The fraction of sp³-hybridized carbons (Fsp3) is 0.909. The van der Waals surface area contributed by atoms with Gasteiger partial charge >= 0.3 is 0 Å². The number of nitrogens with one attached hydrogen (secondary N) is 1. The zero-order valence-electron chi connectivity index (χ0n) is 9.31. The molecule has 84 valence electrons. The minimum Gasteiger partial charge on any atom is -0.356 e. The molecule has 0 heterocycles. The van der Waals surface area contributed by atoms with Crippen LogP contribution in [0.3, 0.4) is 0 Å². The van der Waals surface area contributed by atoms with Crippen LogP contribution in [-0.2, 0) is 4.79 Å². The molecule has 0 radical (unpaired) electrons. The number of carbonyl (C=O) groups excluding carboxylic acids is 1. The molecule has 0 bridgehead atoms. The van der Waals surface area contributed by atoms with Gasteiger partial charge in [-0.05, 0) is 18.8 Å². The Morgan fingerprint density at radius 2 is 2.14 bits per heavy atom. The van der Waals surface area contributed by atoms with Crippen molar-refractivity contribution in [3.8, 4) is 0 Å². The monoisotopic (exact) mass is 219 g/mol. The highest BCUT2D eigenvalue weighted by Gasteiger charge is 2.04. The Hall–Kier alpha value is -0.240. The Morgan fingerprint density at radius 3 is 2.71 bits per heavy atom. The van der Waals surface area contributed by atoms with E-state index in [0.29, 0.717) is 18.2 Å². The van der Waals surface area contributed by atoms with Crippen molar-refractivity contribution >= 4 is 17.5 Å². The van der Waals surface area contributed by atoms with Crippen LogP contribution in [0.4, 0.5) is 0 Å². The van der Waals surface area contributed by atoms with Gasteiger partial charge in [0.1, 0.15) is 0 Å². The summed E-state index contributed by atoms with van der Waals surface area (Å²) in [6.07, 6.45) is 4.95. The lowest BCUT2D eigenvalue weighted by molar-refractivity contribution is -0.121. The molecule has 0 aromatic carbocycles. The van der Waals surface area contributed by atoms with Crippen LogP contribution in [0, 0.1) is 5.92 Å². The summed E-state index contributed by atoms with van der Waals surface area (Å²) in [5.41, 5.74) is 0. The Kier molecular flexibility index (Phi) is 9.16. The third-order valence-electron chi connectivity index (χ3n) is 2.26. The number of amides is 1. The molecule has 0 spiro atoms. The quantitative estimate of drug-likeness (QED) is 0.494. The summed E-state index contributed by atoms with van der Waals surface area (Å²) in [5.74, 6) is 1.34. The van der Waals surface area contributed by atoms with Crippen molar-refractivity contribution in [2.24, 2.45) is 5.92 Å². The topological polar surface area (TPSA) is 29.1 Å².